The second kappa shape index (κ2) is 7.80. The average molecular weight is 416 g/mol. The smallest absolute Gasteiger partial charge is 0.231 e. The summed E-state index contributed by atoms with van der Waals surface area (Å²) in [5, 5.41) is 10.6. The van der Waals surface area contributed by atoms with Crippen LogP contribution in [0.2, 0.25) is 0 Å². The lowest BCUT2D eigenvalue weighted by atomic mass is 9.76. The van der Waals surface area contributed by atoms with E-state index in [0.29, 0.717) is 23.0 Å². The van der Waals surface area contributed by atoms with E-state index in [0.717, 1.165) is 28.7 Å². The first kappa shape index (κ1) is 20.5. The molecule has 1 aliphatic heterocycles. The summed E-state index contributed by atoms with van der Waals surface area (Å²) in [7, 11) is 6.39. The van der Waals surface area contributed by atoms with Gasteiger partial charge in [0.2, 0.25) is 18.3 Å². The molecule has 1 heterocycles. The molecule has 0 saturated carbocycles. The quantitative estimate of drug-likeness (QED) is 0.795. The van der Waals surface area contributed by atoms with Crippen LogP contribution in [-0.2, 0) is 11.2 Å². The highest BCUT2D eigenvalue weighted by atomic mass is 16.7. The third-order valence-electron chi connectivity index (χ3n) is 6.29. The number of hydrogen-bond acceptors (Lipinski definition) is 7. The number of methoxy groups -OCH3 is 4. The van der Waals surface area contributed by atoms with Gasteiger partial charge >= 0.3 is 0 Å². The first-order valence-corrected chi connectivity index (χ1v) is 9.97. The first-order valence-electron chi connectivity index (χ1n) is 9.97. The molecule has 2 aromatic rings. The van der Waals surface area contributed by atoms with Gasteiger partial charge in [-0.05, 0) is 41.5 Å². The molecule has 0 spiro atoms. The van der Waals surface area contributed by atoms with Gasteiger partial charge in [0.1, 0.15) is 0 Å². The van der Waals surface area contributed by atoms with Crippen molar-refractivity contribution in [3.63, 3.8) is 0 Å². The second-order valence-electron chi connectivity index (χ2n) is 7.80. The van der Waals surface area contributed by atoms with Crippen molar-refractivity contribution in [3.05, 3.63) is 23.3 Å². The van der Waals surface area contributed by atoms with Crippen LogP contribution in [-0.4, -0.2) is 40.3 Å². The van der Waals surface area contributed by atoms with Gasteiger partial charge in [-0.15, -0.1) is 0 Å². The fourth-order valence-corrected chi connectivity index (χ4v) is 4.67. The SMILES string of the molecule is COc1c(O)cc2c(c1OC)-c1c(cc3c(c1OC)OCO3)C(OC)C(C)C(C)C2. The molecule has 0 fully saturated rings. The van der Waals surface area contributed by atoms with E-state index < -0.39 is 0 Å². The Morgan fingerprint density at radius 3 is 2.23 bits per heavy atom. The Balaban J connectivity index is 2.17. The van der Waals surface area contributed by atoms with Crippen molar-refractivity contribution in [1.29, 1.82) is 0 Å². The van der Waals surface area contributed by atoms with Gasteiger partial charge in [0.25, 0.3) is 0 Å². The molecular weight excluding hydrogens is 388 g/mol. The van der Waals surface area contributed by atoms with Crippen LogP contribution in [0.25, 0.3) is 11.1 Å². The summed E-state index contributed by atoms with van der Waals surface area (Å²) in [4.78, 5) is 0. The van der Waals surface area contributed by atoms with Crippen molar-refractivity contribution in [2.75, 3.05) is 35.2 Å². The second-order valence-corrected chi connectivity index (χ2v) is 7.80. The van der Waals surface area contributed by atoms with E-state index in [9.17, 15) is 5.11 Å². The summed E-state index contributed by atoms with van der Waals surface area (Å²) < 4.78 is 34.5. The van der Waals surface area contributed by atoms with Crippen molar-refractivity contribution in [1.82, 2.24) is 0 Å². The van der Waals surface area contributed by atoms with E-state index in [4.69, 9.17) is 28.4 Å². The minimum atomic E-state index is -0.198. The molecule has 4 rings (SSSR count). The Morgan fingerprint density at radius 2 is 1.60 bits per heavy atom. The monoisotopic (exact) mass is 416 g/mol. The van der Waals surface area contributed by atoms with Gasteiger partial charge in [-0.1, -0.05) is 13.8 Å². The van der Waals surface area contributed by atoms with Gasteiger partial charge < -0.3 is 33.5 Å². The summed E-state index contributed by atoms with van der Waals surface area (Å²) in [5.41, 5.74) is 3.47. The number of phenols is 1. The van der Waals surface area contributed by atoms with Gasteiger partial charge in [0.15, 0.2) is 23.0 Å². The molecule has 162 valence electrons. The molecule has 2 aromatic carbocycles. The number of rotatable bonds is 4. The number of ether oxygens (including phenoxy) is 6. The molecule has 0 aromatic heterocycles. The minimum Gasteiger partial charge on any atom is -0.504 e. The molecule has 3 atom stereocenters. The Labute approximate surface area is 176 Å². The van der Waals surface area contributed by atoms with E-state index >= 15 is 0 Å². The van der Waals surface area contributed by atoms with Gasteiger partial charge in [-0.3, -0.25) is 0 Å². The lowest BCUT2D eigenvalue weighted by Crippen LogP contribution is -2.24. The summed E-state index contributed by atoms with van der Waals surface area (Å²) in [6.07, 6.45) is 0.525. The topological polar surface area (TPSA) is 75.6 Å². The maximum absolute atomic E-state index is 10.6. The number of benzene rings is 2. The van der Waals surface area contributed by atoms with Crippen LogP contribution in [0.3, 0.4) is 0 Å². The number of hydrogen-bond donors (Lipinski definition) is 1. The maximum Gasteiger partial charge on any atom is 0.231 e. The first-order chi connectivity index (χ1) is 14.5. The summed E-state index contributed by atoms with van der Waals surface area (Å²) in [6.45, 7) is 4.48. The molecule has 0 radical (unpaired) electrons. The standard InChI is InChI=1S/C23H28O7/c1-11-7-13-8-15(24)20(26-4)22(27-5)17(13)18-14(19(25-3)12(11)2)9-16-21(23(18)28-6)30-10-29-16/h8-9,11-12,19,24H,7,10H2,1-6H3. The molecular formula is C23H28O7. The third-order valence-corrected chi connectivity index (χ3v) is 6.29. The average Bonchev–Trinajstić information content (AvgIpc) is 3.20. The molecule has 7 heteroatoms. The molecule has 7 nitrogen and oxygen atoms in total. The van der Waals surface area contributed by atoms with Crippen molar-refractivity contribution in [2.45, 2.75) is 26.4 Å². The van der Waals surface area contributed by atoms with Crippen LogP contribution < -0.4 is 23.7 Å². The molecule has 0 bridgehead atoms. The Bertz CT molecular complexity index is 969. The summed E-state index contributed by atoms with van der Waals surface area (Å²) >= 11 is 0. The van der Waals surface area contributed by atoms with Crippen LogP contribution in [0.15, 0.2) is 12.1 Å². The highest BCUT2D eigenvalue weighted by molar-refractivity contribution is 5.88. The highest BCUT2D eigenvalue weighted by Gasteiger charge is 2.38. The van der Waals surface area contributed by atoms with Crippen LogP contribution in [0.4, 0.5) is 0 Å². The Kier molecular flexibility index (Phi) is 5.32. The summed E-state index contributed by atoms with van der Waals surface area (Å²) in [5.74, 6) is 2.96. The van der Waals surface area contributed by atoms with E-state index in [1.807, 2.05) is 6.07 Å². The molecule has 30 heavy (non-hydrogen) atoms. The molecule has 1 aliphatic carbocycles. The Morgan fingerprint density at radius 1 is 0.900 bits per heavy atom. The highest BCUT2D eigenvalue weighted by Crippen LogP contribution is 2.58. The van der Waals surface area contributed by atoms with E-state index in [-0.39, 0.29) is 36.2 Å². The van der Waals surface area contributed by atoms with Crippen LogP contribution in [0.5, 0.6) is 34.5 Å². The predicted molar refractivity (Wildman–Crippen MR) is 111 cm³/mol. The summed E-state index contributed by atoms with van der Waals surface area (Å²) in [6, 6.07) is 3.71. The molecule has 0 amide bonds. The van der Waals surface area contributed by atoms with E-state index in [2.05, 4.69) is 13.8 Å². The number of aromatic hydroxyl groups is 1. The normalized spacial score (nSPS) is 21.9. The number of fused-ring (bicyclic) bond motifs is 4. The van der Waals surface area contributed by atoms with Gasteiger partial charge in [0.05, 0.1) is 27.4 Å². The largest absolute Gasteiger partial charge is 0.504 e. The third kappa shape index (κ3) is 2.91. The van der Waals surface area contributed by atoms with Crippen molar-refractivity contribution >= 4 is 0 Å². The van der Waals surface area contributed by atoms with Crippen LogP contribution >= 0.6 is 0 Å². The zero-order chi connectivity index (χ0) is 21.6. The van der Waals surface area contributed by atoms with Crippen LogP contribution in [0.1, 0.15) is 31.1 Å². The van der Waals surface area contributed by atoms with Crippen molar-refractivity contribution in [3.8, 4) is 45.6 Å². The number of phenolic OH excluding ortho intramolecular Hbond substituents is 1. The Hall–Kier alpha value is -2.80. The zero-order valence-electron chi connectivity index (χ0n) is 18.2. The lowest BCUT2D eigenvalue weighted by molar-refractivity contribution is 0.0362. The predicted octanol–water partition coefficient (Wildman–Crippen LogP) is 4.33. The van der Waals surface area contributed by atoms with Gasteiger partial charge in [0, 0.05) is 18.2 Å². The van der Waals surface area contributed by atoms with Crippen LogP contribution in [0, 0.1) is 11.8 Å². The van der Waals surface area contributed by atoms with Crippen molar-refractivity contribution < 1.29 is 33.5 Å². The zero-order valence-corrected chi connectivity index (χ0v) is 18.2. The minimum absolute atomic E-state index is 0.0399. The fraction of sp³-hybridized carbons (Fsp3) is 0.478. The molecule has 2 aliphatic rings. The van der Waals surface area contributed by atoms with E-state index in [1.165, 1.54) is 7.11 Å². The van der Waals surface area contributed by atoms with Gasteiger partial charge in [-0.2, -0.15) is 0 Å². The fourth-order valence-electron chi connectivity index (χ4n) is 4.67. The molecule has 0 saturated heterocycles. The van der Waals surface area contributed by atoms with Gasteiger partial charge in [-0.25, -0.2) is 0 Å². The van der Waals surface area contributed by atoms with Crippen molar-refractivity contribution in [2.24, 2.45) is 11.8 Å². The maximum atomic E-state index is 10.6. The van der Waals surface area contributed by atoms with E-state index in [1.54, 1.807) is 27.4 Å². The molecule has 3 unspecified atom stereocenters. The molecule has 1 N–H and O–H groups in total. The lowest BCUT2D eigenvalue weighted by Gasteiger charge is -2.34.